The van der Waals surface area contributed by atoms with E-state index in [-0.39, 0.29) is 11.4 Å². The number of hydrogen-bond acceptors (Lipinski definition) is 4. The van der Waals surface area contributed by atoms with E-state index in [9.17, 15) is 9.59 Å². The van der Waals surface area contributed by atoms with Crippen molar-refractivity contribution in [1.29, 1.82) is 0 Å². The zero-order valence-corrected chi connectivity index (χ0v) is 9.98. The molecule has 2 rings (SSSR count). The standard InChI is InChI=1S/C11H16N4O3/c16-10(8-9(11(17)18)14-7-13-8)12-3-6-15-4-1-2-5-15/h7H,1-6H2,(H,12,16)(H,13,14)(H,17,18). The average Bonchev–Trinajstić information content (AvgIpc) is 2.99. The maximum absolute atomic E-state index is 11.7. The molecule has 1 aliphatic rings. The number of aromatic amines is 1. The van der Waals surface area contributed by atoms with Crippen LogP contribution in [-0.2, 0) is 0 Å². The third-order valence-corrected chi connectivity index (χ3v) is 2.98. The Labute approximate surface area is 104 Å². The summed E-state index contributed by atoms with van der Waals surface area (Å²) in [5, 5.41) is 11.5. The van der Waals surface area contributed by atoms with Crippen molar-refractivity contribution in [2.45, 2.75) is 12.8 Å². The van der Waals surface area contributed by atoms with E-state index in [0.29, 0.717) is 6.54 Å². The van der Waals surface area contributed by atoms with E-state index in [1.165, 1.54) is 19.2 Å². The van der Waals surface area contributed by atoms with Crippen molar-refractivity contribution in [3.8, 4) is 0 Å². The maximum atomic E-state index is 11.7. The molecule has 0 bridgehead atoms. The molecule has 98 valence electrons. The van der Waals surface area contributed by atoms with Gasteiger partial charge in [-0.25, -0.2) is 9.78 Å². The second-order valence-corrected chi connectivity index (χ2v) is 4.24. The molecule has 1 aromatic heterocycles. The fourth-order valence-electron chi connectivity index (χ4n) is 2.05. The average molecular weight is 252 g/mol. The summed E-state index contributed by atoms with van der Waals surface area (Å²) in [5.74, 6) is -1.63. The number of aromatic nitrogens is 2. The largest absolute Gasteiger partial charge is 0.477 e. The highest BCUT2D eigenvalue weighted by molar-refractivity contribution is 6.02. The van der Waals surface area contributed by atoms with Gasteiger partial charge in [0.2, 0.25) is 0 Å². The van der Waals surface area contributed by atoms with Crippen LogP contribution in [0.3, 0.4) is 0 Å². The summed E-state index contributed by atoms with van der Waals surface area (Å²) in [7, 11) is 0. The molecular formula is C11H16N4O3. The molecule has 0 spiro atoms. The van der Waals surface area contributed by atoms with E-state index in [2.05, 4.69) is 20.2 Å². The minimum absolute atomic E-state index is 0.0658. The molecule has 7 nitrogen and oxygen atoms in total. The lowest BCUT2D eigenvalue weighted by Crippen LogP contribution is -2.34. The summed E-state index contributed by atoms with van der Waals surface area (Å²) in [4.78, 5) is 31.0. The van der Waals surface area contributed by atoms with Gasteiger partial charge in [0.1, 0.15) is 0 Å². The highest BCUT2D eigenvalue weighted by atomic mass is 16.4. The Morgan fingerprint density at radius 1 is 1.44 bits per heavy atom. The number of imidazole rings is 1. The maximum Gasteiger partial charge on any atom is 0.354 e. The van der Waals surface area contributed by atoms with Crippen LogP contribution in [0, 0.1) is 0 Å². The van der Waals surface area contributed by atoms with E-state index in [1.807, 2.05) is 0 Å². The molecule has 0 atom stereocenters. The van der Waals surface area contributed by atoms with Gasteiger partial charge in [-0.3, -0.25) is 4.79 Å². The minimum atomic E-state index is -1.18. The van der Waals surface area contributed by atoms with Crippen LogP contribution in [0.5, 0.6) is 0 Å². The second kappa shape index (κ2) is 5.63. The van der Waals surface area contributed by atoms with Crippen LogP contribution in [0.1, 0.15) is 33.8 Å². The first-order chi connectivity index (χ1) is 8.68. The van der Waals surface area contributed by atoms with Gasteiger partial charge < -0.3 is 20.3 Å². The highest BCUT2D eigenvalue weighted by Crippen LogP contribution is 2.06. The SMILES string of the molecule is O=C(NCCN1CCCC1)c1nc[nH]c1C(=O)O. The van der Waals surface area contributed by atoms with E-state index < -0.39 is 11.9 Å². The highest BCUT2D eigenvalue weighted by Gasteiger charge is 2.19. The predicted molar refractivity (Wildman–Crippen MR) is 63.6 cm³/mol. The predicted octanol–water partition coefficient (Wildman–Crippen LogP) is -0.0665. The molecule has 1 aliphatic heterocycles. The van der Waals surface area contributed by atoms with Crippen molar-refractivity contribution in [3.05, 3.63) is 17.7 Å². The van der Waals surface area contributed by atoms with Crippen LogP contribution in [0.2, 0.25) is 0 Å². The number of H-pyrrole nitrogens is 1. The molecule has 0 aromatic carbocycles. The van der Waals surface area contributed by atoms with E-state index in [0.717, 1.165) is 19.6 Å². The summed E-state index contributed by atoms with van der Waals surface area (Å²) >= 11 is 0. The lowest BCUT2D eigenvalue weighted by Gasteiger charge is -2.14. The van der Waals surface area contributed by atoms with Gasteiger partial charge in [-0.05, 0) is 25.9 Å². The molecule has 0 saturated carbocycles. The van der Waals surface area contributed by atoms with Gasteiger partial charge in [-0.2, -0.15) is 0 Å². The fourth-order valence-corrected chi connectivity index (χ4v) is 2.05. The normalized spacial score (nSPS) is 15.8. The lowest BCUT2D eigenvalue weighted by atomic mass is 10.3. The number of hydrogen-bond donors (Lipinski definition) is 3. The van der Waals surface area contributed by atoms with Gasteiger partial charge in [-0.15, -0.1) is 0 Å². The smallest absolute Gasteiger partial charge is 0.354 e. The molecule has 1 fully saturated rings. The number of aromatic carboxylic acids is 1. The Bertz CT molecular complexity index is 437. The first-order valence-electron chi connectivity index (χ1n) is 5.95. The molecule has 0 radical (unpaired) electrons. The van der Waals surface area contributed by atoms with E-state index in [1.54, 1.807) is 0 Å². The van der Waals surface area contributed by atoms with Crippen LogP contribution >= 0.6 is 0 Å². The summed E-state index contributed by atoms with van der Waals surface area (Å²) < 4.78 is 0. The van der Waals surface area contributed by atoms with E-state index in [4.69, 9.17) is 5.11 Å². The van der Waals surface area contributed by atoms with Gasteiger partial charge in [0.25, 0.3) is 5.91 Å². The number of nitrogens with zero attached hydrogens (tertiary/aromatic N) is 2. The third-order valence-electron chi connectivity index (χ3n) is 2.98. The number of carbonyl (C=O) groups excluding carboxylic acids is 1. The monoisotopic (exact) mass is 252 g/mol. The Hall–Kier alpha value is -1.89. The molecule has 7 heteroatoms. The summed E-state index contributed by atoms with van der Waals surface area (Å²) in [6, 6.07) is 0. The number of carbonyl (C=O) groups is 2. The second-order valence-electron chi connectivity index (χ2n) is 4.24. The fraction of sp³-hybridized carbons (Fsp3) is 0.545. The van der Waals surface area contributed by atoms with Crippen LogP contribution < -0.4 is 5.32 Å². The molecule has 0 unspecified atom stereocenters. The lowest BCUT2D eigenvalue weighted by molar-refractivity contribution is 0.0685. The third kappa shape index (κ3) is 2.86. The van der Waals surface area contributed by atoms with Gasteiger partial charge >= 0.3 is 5.97 Å². The van der Waals surface area contributed by atoms with Gasteiger partial charge in [0, 0.05) is 13.1 Å². The van der Waals surface area contributed by atoms with Crippen molar-refractivity contribution in [1.82, 2.24) is 20.2 Å². The number of carboxylic acid groups (broad SMARTS) is 1. The molecule has 18 heavy (non-hydrogen) atoms. The topological polar surface area (TPSA) is 98.3 Å². The Morgan fingerprint density at radius 3 is 2.83 bits per heavy atom. The van der Waals surface area contributed by atoms with Crippen LogP contribution in [0.25, 0.3) is 0 Å². The quantitative estimate of drug-likeness (QED) is 0.681. The molecule has 1 aromatic rings. The van der Waals surface area contributed by atoms with Crippen LogP contribution in [-0.4, -0.2) is 58.0 Å². The Balaban J connectivity index is 1.83. The summed E-state index contributed by atoms with van der Waals surface area (Å²) in [5.41, 5.74) is -0.238. The van der Waals surface area contributed by atoms with Gasteiger partial charge in [0.15, 0.2) is 11.4 Å². The number of nitrogens with one attached hydrogen (secondary N) is 2. The Morgan fingerprint density at radius 2 is 2.17 bits per heavy atom. The molecule has 1 amide bonds. The zero-order valence-electron chi connectivity index (χ0n) is 9.98. The molecule has 2 heterocycles. The van der Waals surface area contributed by atoms with Crippen molar-refractivity contribution < 1.29 is 14.7 Å². The van der Waals surface area contributed by atoms with Crippen LogP contribution in [0.4, 0.5) is 0 Å². The summed E-state index contributed by atoms with van der Waals surface area (Å²) in [6.07, 6.45) is 3.62. The van der Waals surface area contributed by atoms with Gasteiger partial charge in [0.05, 0.1) is 6.33 Å². The summed E-state index contributed by atoms with van der Waals surface area (Å²) in [6.45, 7) is 3.43. The zero-order chi connectivity index (χ0) is 13.0. The minimum Gasteiger partial charge on any atom is -0.477 e. The van der Waals surface area contributed by atoms with Crippen LogP contribution in [0.15, 0.2) is 6.33 Å². The number of amides is 1. The van der Waals surface area contributed by atoms with Crippen molar-refractivity contribution in [2.75, 3.05) is 26.2 Å². The van der Waals surface area contributed by atoms with E-state index >= 15 is 0 Å². The van der Waals surface area contributed by atoms with Crippen molar-refractivity contribution in [3.63, 3.8) is 0 Å². The van der Waals surface area contributed by atoms with Crippen molar-refractivity contribution >= 4 is 11.9 Å². The molecule has 1 saturated heterocycles. The van der Waals surface area contributed by atoms with Crippen molar-refractivity contribution in [2.24, 2.45) is 0 Å². The van der Waals surface area contributed by atoms with Gasteiger partial charge in [-0.1, -0.05) is 0 Å². The first-order valence-corrected chi connectivity index (χ1v) is 5.95. The molecular weight excluding hydrogens is 236 g/mol. The molecule has 3 N–H and O–H groups in total. The Kier molecular flexibility index (Phi) is 3.93. The number of carboxylic acids is 1. The number of likely N-dealkylation sites (tertiary alicyclic amines) is 1. The number of rotatable bonds is 5. The molecule has 0 aliphatic carbocycles. The first kappa shape index (κ1) is 12.6.